The minimum Gasteiger partial charge on any atom is -0.434 e. The molecule has 4 heteroatoms. The first-order chi connectivity index (χ1) is 14.1. The number of rotatable bonds is 3. The molecular formula is C25H22BNOS. The van der Waals surface area contributed by atoms with E-state index >= 15 is 0 Å². The van der Waals surface area contributed by atoms with Gasteiger partial charge in [0.2, 0.25) is 0 Å². The third-order valence-electron chi connectivity index (χ3n) is 6.22. The normalized spacial score (nSPS) is 15.7. The molecule has 0 fully saturated rings. The molecule has 29 heavy (non-hydrogen) atoms. The molecule has 2 aliphatic rings. The molecule has 1 aliphatic heterocycles. The van der Waals surface area contributed by atoms with Crippen molar-refractivity contribution in [2.75, 3.05) is 0 Å². The number of hydrogen-bond acceptors (Lipinski definition) is 3. The van der Waals surface area contributed by atoms with E-state index in [2.05, 4.69) is 68.1 Å². The van der Waals surface area contributed by atoms with E-state index in [1.165, 1.54) is 33.4 Å². The van der Waals surface area contributed by atoms with Crippen LogP contribution < -0.4 is 11.1 Å². The van der Waals surface area contributed by atoms with E-state index < -0.39 is 12.5 Å². The predicted octanol–water partition coefficient (Wildman–Crippen LogP) is 4.60. The maximum absolute atomic E-state index is 10.3. The van der Waals surface area contributed by atoms with E-state index in [0.29, 0.717) is 0 Å². The second-order valence-corrected chi connectivity index (χ2v) is 8.56. The van der Waals surface area contributed by atoms with E-state index in [9.17, 15) is 5.02 Å². The molecule has 0 atom stereocenters. The summed E-state index contributed by atoms with van der Waals surface area (Å²) in [6.45, 7) is 6.34. The highest BCUT2D eigenvalue weighted by atomic mass is 32.2. The molecule has 5 rings (SSSR count). The Hall–Kier alpha value is -2.53. The van der Waals surface area contributed by atoms with E-state index in [4.69, 9.17) is 5.64 Å². The highest BCUT2D eigenvalue weighted by molar-refractivity contribution is 8.03. The van der Waals surface area contributed by atoms with Crippen molar-refractivity contribution >= 4 is 24.3 Å². The molecule has 0 radical (unpaired) electrons. The molecule has 2 nitrogen and oxygen atoms in total. The fraction of sp³-hybridized carbons (Fsp3) is 0.120. The highest BCUT2D eigenvalue weighted by Crippen LogP contribution is 2.62. The standard InChI is InChI=1S/C25H22BNOS/c1-3-18-23(4-2)29-24-21(14-9-15-22(24)26(27)28)25(18)19-12-7-5-10-16(19)17-11-6-8-13-20(17)25/h4-15,28H,2-3,27H2,1H3. The van der Waals surface area contributed by atoms with E-state index in [1.807, 2.05) is 18.2 Å². The van der Waals surface area contributed by atoms with Gasteiger partial charge in [-0.15, -0.1) is 0 Å². The molecule has 1 aliphatic carbocycles. The molecular weight excluding hydrogens is 373 g/mol. The molecule has 0 unspecified atom stereocenters. The second-order valence-electron chi connectivity index (χ2n) is 7.51. The third-order valence-corrected chi connectivity index (χ3v) is 7.51. The Morgan fingerprint density at radius 1 is 0.966 bits per heavy atom. The number of thioether (sulfide) groups is 1. The van der Waals surface area contributed by atoms with Crippen LogP contribution in [0.15, 0.2) is 94.8 Å². The fourth-order valence-electron chi connectivity index (χ4n) is 5.17. The van der Waals surface area contributed by atoms with Gasteiger partial charge >= 0.3 is 7.05 Å². The van der Waals surface area contributed by atoms with Crippen molar-refractivity contribution in [3.05, 3.63) is 107 Å². The lowest BCUT2D eigenvalue weighted by Crippen LogP contribution is -2.44. The van der Waals surface area contributed by atoms with Gasteiger partial charge in [-0.1, -0.05) is 98.1 Å². The lowest BCUT2D eigenvalue weighted by atomic mass is 9.64. The summed E-state index contributed by atoms with van der Waals surface area (Å²) >= 11 is 1.68. The van der Waals surface area contributed by atoms with Crippen LogP contribution in [0.4, 0.5) is 0 Å². The lowest BCUT2D eigenvalue weighted by molar-refractivity contribution is 0.586. The summed E-state index contributed by atoms with van der Waals surface area (Å²) in [4.78, 5) is 2.20. The Morgan fingerprint density at radius 3 is 2.10 bits per heavy atom. The van der Waals surface area contributed by atoms with Crippen molar-refractivity contribution in [3.63, 3.8) is 0 Å². The SMILES string of the molecule is C=CC1=C(CC)C2(c3ccccc3-c3ccccc32)c2cccc(B(N)O)c2S1. The topological polar surface area (TPSA) is 46.2 Å². The fourth-order valence-corrected chi connectivity index (χ4v) is 6.53. The van der Waals surface area contributed by atoms with Crippen molar-refractivity contribution in [3.8, 4) is 11.1 Å². The zero-order valence-corrected chi connectivity index (χ0v) is 17.2. The van der Waals surface area contributed by atoms with Crippen LogP contribution in [0.3, 0.4) is 0 Å². The summed E-state index contributed by atoms with van der Waals surface area (Å²) in [6.07, 6.45) is 2.86. The Labute approximate surface area is 176 Å². The van der Waals surface area contributed by atoms with E-state index in [0.717, 1.165) is 21.7 Å². The molecule has 142 valence electrons. The maximum Gasteiger partial charge on any atom is 0.411 e. The van der Waals surface area contributed by atoms with Gasteiger partial charge in [0, 0.05) is 9.80 Å². The molecule has 3 N–H and O–H groups in total. The van der Waals surface area contributed by atoms with Gasteiger partial charge in [0.05, 0.1) is 5.41 Å². The van der Waals surface area contributed by atoms with Gasteiger partial charge in [0.15, 0.2) is 0 Å². The molecule has 0 aromatic heterocycles. The van der Waals surface area contributed by atoms with Gasteiger partial charge in [0.25, 0.3) is 0 Å². The van der Waals surface area contributed by atoms with Gasteiger partial charge in [-0.25, -0.2) is 0 Å². The smallest absolute Gasteiger partial charge is 0.411 e. The number of hydrogen-bond donors (Lipinski definition) is 2. The molecule has 0 bridgehead atoms. The van der Waals surface area contributed by atoms with Crippen LogP contribution in [0.5, 0.6) is 0 Å². The highest BCUT2D eigenvalue weighted by Gasteiger charge is 2.50. The van der Waals surface area contributed by atoms with E-state index in [1.54, 1.807) is 11.8 Å². The average Bonchev–Trinajstić information content (AvgIpc) is 3.04. The zero-order chi connectivity index (χ0) is 20.2. The maximum atomic E-state index is 10.3. The summed E-state index contributed by atoms with van der Waals surface area (Å²) in [6, 6.07) is 23.5. The Bertz CT molecular complexity index is 1140. The first-order valence-corrected chi connectivity index (χ1v) is 10.8. The summed E-state index contributed by atoms with van der Waals surface area (Å²) in [5.41, 5.74) is 14.0. The first-order valence-electron chi connectivity index (χ1n) is 9.94. The lowest BCUT2D eigenvalue weighted by Gasteiger charge is -2.41. The number of fused-ring (bicyclic) bond motifs is 7. The van der Waals surface area contributed by atoms with Crippen LogP contribution >= 0.6 is 11.8 Å². The summed E-state index contributed by atoms with van der Waals surface area (Å²) < 4.78 is 0. The monoisotopic (exact) mass is 395 g/mol. The molecule has 3 aromatic rings. The average molecular weight is 395 g/mol. The van der Waals surface area contributed by atoms with Crippen molar-refractivity contribution in [1.29, 1.82) is 0 Å². The van der Waals surface area contributed by atoms with Gasteiger partial charge < -0.3 is 10.7 Å². The van der Waals surface area contributed by atoms with Crippen molar-refractivity contribution in [1.82, 2.24) is 0 Å². The Morgan fingerprint density at radius 2 is 1.55 bits per heavy atom. The molecule has 1 heterocycles. The van der Waals surface area contributed by atoms with Crippen molar-refractivity contribution in [2.45, 2.75) is 23.7 Å². The van der Waals surface area contributed by atoms with Crippen LogP contribution in [-0.2, 0) is 5.41 Å². The molecule has 3 aromatic carbocycles. The first kappa shape index (κ1) is 18.5. The zero-order valence-electron chi connectivity index (χ0n) is 16.4. The number of benzene rings is 3. The largest absolute Gasteiger partial charge is 0.434 e. The minimum absolute atomic E-state index is 0.392. The van der Waals surface area contributed by atoms with Crippen molar-refractivity contribution < 1.29 is 5.02 Å². The summed E-state index contributed by atoms with van der Waals surface area (Å²) in [5.74, 6) is 0. The van der Waals surface area contributed by atoms with Crippen LogP contribution in [-0.4, -0.2) is 12.1 Å². The minimum atomic E-state index is -1.02. The number of allylic oxidation sites excluding steroid dienone is 2. The molecule has 0 saturated carbocycles. The van der Waals surface area contributed by atoms with Gasteiger partial charge in [-0.2, -0.15) is 0 Å². The Kier molecular flexibility index (Phi) is 4.32. The molecule has 0 amide bonds. The second kappa shape index (κ2) is 6.77. The number of nitrogens with two attached hydrogens (primary N) is 1. The van der Waals surface area contributed by atoms with Gasteiger partial charge in [0.1, 0.15) is 0 Å². The van der Waals surface area contributed by atoms with Gasteiger partial charge in [-0.3, -0.25) is 0 Å². The van der Waals surface area contributed by atoms with Crippen molar-refractivity contribution in [2.24, 2.45) is 5.64 Å². The van der Waals surface area contributed by atoms with Crippen LogP contribution in [0.25, 0.3) is 11.1 Å². The van der Waals surface area contributed by atoms with Gasteiger partial charge in [-0.05, 0) is 45.3 Å². The predicted molar refractivity (Wildman–Crippen MR) is 123 cm³/mol. The molecule has 1 spiro atoms. The van der Waals surface area contributed by atoms with Crippen LogP contribution in [0, 0.1) is 0 Å². The Balaban J connectivity index is 2.00. The third kappa shape index (κ3) is 2.34. The quantitative estimate of drug-likeness (QED) is 0.637. The van der Waals surface area contributed by atoms with E-state index in [-0.39, 0.29) is 0 Å². The van der Waals surface area contributed by atoms with Crippen LogP contribution in [0.1, 0.15) is 30.0 Å². The summed E-state index contributed by atoms with van der Waals surface area (Å²) in [5, 5.41) is 10.3. The summed E-state index contributed by atoms with van der Waals surface area (Å²) in [7, 11) is -1.02. The van der Waals surface area contributed by atoms with Crippen LogP contribution in [0.2, 0.25) is 0 Å². The molecule has 0 saturated heterocycles.